The Balaban J connectivity index is 1.78. The molecule has 110 valence electrons. The SMILES string of the molecule is O=C(COc1ccc(Cl)cc1)NCc1cccc(CCl)c1. The van der Waals surface area contributed by atoms with Gasteiger partial charge in [0.2, 0.25) is 0 Å². The van der Waals surface area contributed by atoms with Crippen molar-refractivity contribution in [1.29, 1.82) is 0 Å². The average molecular weight is 324 g/mol. The highest BCUT2D eigenvalue weighted by molar-refractivity contribution is 6.30. The molecule has 0 radical (unpaired) electrons. The van der Waals surface area contributed by atoms with Crippen molar-refractivity contribution in [2.45, 2.75) is 12.4 Å². The van der Waals surface area contributed by atoms with Gasteiger partial charge in [-0.3, -0.25) is 4.79 Å². The molecule has 3 nitrogen and oxygen atoms in total. The largest absolute Gasteiger partial charge is 0.484 e. The molecule has 0 unspecified atom stereocenters. The first-order valence-corrected chi connectivity index (χ1v) is 7.37. The second-order valence-corrected chi connectivity index (χ2v) is 5.18. The highest BCUT2D eigenvalue weighted by atomic mass is 35.5. The molecule has 2 aromatic carbocycles. The zero-order valence-electron chi connectivity index (χ0n) is 11.3. The van der Waals surface area contributed by atoms with E-state index in [-0.39, 0.29) is 12.5 Å². The quantitative estimate of drug-likeness (QED) is 0.822. The summed E-state index contributed by atoms with van der Waals surface area (Å²) in [6.07, 6.45) is 0. The van der Waals surface area contributed by atoms with Gasteiger partial charge < -0.3 is 10.1 Å². The standard InChI is InChI=1S/C16H15Cl2NO2/c17-9-12-2-1-3-13(8-12)10-19-16(20)11-21-15-6-4-14(18)5-7-15/h1-8H,9-11H2,(H,19,20). The predicted octanol–water partition coefficient (Wildman–Crippen LogP) is 3.77. The van der Waals surface area contributed by atoms with Crippen LogP contribution in [-0.4, -0.2) is 12.5 Å². The lowest BCUT2D eigenvalue weighted by Crippen LogP contribution is -2.28. The van der Waals surface area contributed by atoms with Crippen molar-refractivity contribution in [3.05, 3.63) is 64.7 Å². The summed E-state index contributed by atoms with van der Waals surface area (Å²) in [6.45, 7) is 0.421. The van der Waals surface area contributed by atoms with Crippen LogP contribution in [0.1, 0.15) is 11.1 Å². The zero-order chi connectivity index (χ0) is 15.1. The molecule has 2 aromatic rings. The van der Waals surface area contributed by atoms with Crippen LogP contribution in [0, 0.1) is 0 Å². The second-order valence-electron chi connectivity index (χ2n) is 4.47. The van der Waals surface area contributed by atoms with Crippen molar-refractivity contribution in [1.82, 2.24) is 5.32 Å². The number of benzene rings is 2. The molecule has 0 saturated carbocycles. The van der Waals surface area contributed by atoms with Crippen molar-refractivity contribution >= 4 is 29.1 Å². The number of carbonyl (C=O) groups is 1. The van der Waals surface area contributed by atoms with Gasteiger partial charge in [-0.15, -0.1) is 11.6 Å². The van der Waals surface area contributed by atoms with Gasteiger partial charge in [0.05, 0.1) is 0 Å². The van der Waals surface area contributed by atoms with Crippen LogP contribution < -0.4 is 10.1 Å². The summed E-state index contributed by atoms with van der Waals surface area (Å²) in [5, 5.41) is 3.43. The third-order valence-corrected chi connectivity index (χ3v) is 3.38. The Morgan fingerprint density at radius 3 is 2.52 bits per heavy atom. The van der Waals surface area contributed by atoms with Crippen LogP contribution in [0.3, 0.4) is 0 Å². The highest BCUT2D eigenvalue weighted by Gasteiger charge is 2.03. The second kappa shape index (κ2) is 7.91. The minimum Gasteiger partial charge on any atom is -0.484 e. The molecule has 0 heterocycles. The molecule has 2 rings (SSSR count). The Kier molecular flexibility index (Phi) is 5.90. The maximum Gasteiger partial charge on any atom is 0.258 e. The predicted molar refractivity (Wildman–Crippen MR) is 84.8 cm³/mol. The molecule has 0 bridgehead atoms. The van der Waals surface area contributed by atoms with Crippen LogP contribution in [0.15, 0.2) is 48.5 Å². The molecule has 5 heteroatoms. The maximum absolute atomic E-state index is 11.7. The summed E-state index contributed by atoms with van der Waals surface area (Å²) >= 11 is 11.5. The molecule has 0 aliphatic heterocycles. The molecule has 0 spiro atoms. The van der Waals surface area contributed by atoms with E-state index in [1.165, 1.54) is 0 Å². The van der Waals surface area contributed by atoms with Crippen molar-refractivity contribution in [2.24, 2.45) is 0 Å². The van der Waals surface area contributed by atoms with Gasteiger partial charge in [0.25, 0.3) is 5.91 Å². The summed E-state index contributed by atoms with van der Waals surface area (Å²) < 4.78 is 5.36. The lowest BCUT2D eigenvalue weighted by atomic mass is 10.1. The van der Waals surface area contributed by atoms with E-state index in [1.807, 2.05) is 24.3 Å². The first-order chi connectivity index (χ1) is 10.2. The number of amides is 1. The lowest BCUT2D eigenvalue weighted by molar-refractivity contribution is -0.123. The minimum atomic E-state index is -0.179. The van der Waals surface area contributed by atoms with Gasteiger partial charge in [-0.2, -0.15) is 0 Å². The maximum atomic E-state index is 11.7. The van der Waals surface area contributed by atoms with Gasteiger partial charge in [0, 0.05) is 17.4 Å². The molecule has 1 amide bonds. The number of carbonyl (C=O) groups excluding carboxylic acids is 1. The molecule has 0 aliphatic carbocycles. The molecule has 21 heavy (non-hydrogen) atoms. The van der Waals surface area contributed by atoms with Crippen molar-refractivity contribution < 1.29 is 9.53 Å². The number of hydrogen-bond donors (Lipinski definition) is 1. The Bertz CT molecular complexity index is 599. The van der Waals surface area contributed by atoms with Crippen LogP contribution in [-0.2, 0) is 17.2 Å². The van der Waals surface area contributed by atoms with Gasteiger partial charge in [-0.1, -0.05) is 35.9 Å². The molecule has 0 fully saturated rings. The number of ether oxygens (including phenoxy) is 1. The summed E-state index contributed by atoms with van der Waals surface area (Å²) in [5.41, 5.74) is 2.04. The number of alkyl halides is 1. The van der Waals surface area contributed by atoms with Gasteiger partial charge in [0.1, 0.15) is 5.75 Å². The normalized spacial score (nSPS) is 10.2. The zero-order valence-corrected chi connectivity index (χ0v) is 12.8. The number of hydrogen-bond acceptors (Lipinski definition) is 2. The highest BCUT2D eigenvalue weighted by Crippen LogP contribution is 2.15. The Hall–Kier alpha value is -1.71. The lowest BCUT2D eigenvalue weighted by Gasteiger charge is -2.08. The molecule has 1 N–H and O–H groups in total. The summed E-state index contributed by atoms with van der Waals surface area (Å²) in [6, 6.07) is 14.6. The van der Waals surface area contributed by atoms with E-state index in [0.717, 1.165) is 11.1 Å². The van der Waals surface area contributed by atoms with Crippen molar-refractivity contribution in [3.8, 4) is 5.75 Å². The Morgan fingerprint density at radius 2 is 1.81 bits per heavy atom. The fourth-order valence-corrected chi connectivity index (χ4v) is 2.05. The topological polar surface area (TPSA) is 38.3 Å². The Morgan fingerprint density at radius 1 is 1.10 bits per heavy atom. The van der Waals surface area contributed by atoms with Gasteiger partial charge >= 0.3 is 0 Å². The average Bonchev–Trinajstić information content (AvgIpc) is 2.52. The van der Waals surface area contributed by atoms with Crippen molar-refractivity contribution in [3.63, 3.8) is 0 Å². The van der Waals surface area contributed by atoms with Gasteiger partial charge in [-0.25, -0.2) is 0 Å². The fourth-order valence-electron chi connectivity index (χ4n) is 1.75. The van der Waals surface area contributed by atoms with Crippen LogP contribution in [0.5, 0.6) is 5.75 Å². The van der Waals surface area contributed by atoms with Crippen LogP contribution in [0.4, 0.5) is 0 Å². The Labute approximate surface area is 133 Å². The van der Waals surface area contributed by atoms with E-state index in [2.05, 4.69) is 5.32 Å². The molecule has 0 atom stereocenters. The summed E-state index contributed by atoms with van der Waals surface area (Å²) in [7, 11) is 0. The van der Waals surface area contributed by atoms with E-state index >= 15 is 0 Å². The molecular formula is C16H15Cl2NO2. The number of rotatable bonds is 6. The van der Waals surface area contributed by atoms with Gasteiger partial charge in [-0.05, 0) is 35.4 Å². The number of halogens is 2. The minimum absolute atomic E-state index is 0.0309. The van der Waals surface area contributed by atoms with E-state index < -0.39 is 0 Å². The first kappa shape index (κ1) is 15.7. The van der Waals surface area contributed by atoms with E-state index in [9.17, 15) is 4.79 Å². The van der Waals surface area contributed by atoms with E-state index in [0.29, 0.717) is 23.2 Å². The first-order valence-electron chi connectivity index (χ1n) is 6.46. The fraction of sp³-hybridized carbons (Fsp3) is 0.188. The van der Waals surface area contributed by atoms with E-state index in [4.69, 9.17) is 27.9 Å². The van der Waals surface area contributed by atoms with Gasteiger partial charge in [0.15, 0.2) is 6.61 Å². The third kappa shape index (κ3) is 5.29. The van der Waals surface area contributed by atoms with Crippen LogP contribution >= 0.6 is 23.2 Å². The third-order valence-electron chi connectivity index (χ3n) is 2.82. The summed E-state index contributed by atoms with van der Waals surface area (Å²) in [5.74, 6) is 0.890. The molecule has 0 saturated heterocycles. The van der Waals surface area contributed by atoms with Crippen LogP contribution in [0.2, 0.25) is 5.02 Å². The molecule has 0 aromatic heterocycles. The smallest absolute Gasteiger partial charge is 0.258 e. The molecular weight excluding hydrogens is 309 g/mol. The molecule has 0 aliphatic rings. The van der Waals surface area contributed by atoms with Crippen molar-refractivity contribution in [2.75, 3.05) is 6.61 Å². The van der Waals surface area contributed by atoms with E-state index in [1.54, 1.807) is 24.3 Å². The van der Waals surface area contributed by atoms with Crippen LogP contribution in [0.25, 0.3) is 0 Å². The summed E-state index contributed by atoms with van der Waals surface area (Å²) in [4.78, 5) is 11.7. The number of nitrogens with one attached hydrogen (secondary N) is 1. The monoisotopic (exact) mass is 323 g/mol.